The van der Waals surface area contributed by atoms with Crippen molar-refractivity contribution < 1.29 is 19.4 Å². The van der Waals surface area contributed by atoms with Gasteiger partial charge in [-0.15, -0.1) is 0 Å². The van der Waals surface area contributed by atoms with Gasteiger partial charge in [0, 0.05) is 11.3 Å². The molecule has 0 saturated heterocycles. The molecule has 0 saturated carbocycles. The molecule has 1 amide bonds. The molecule has 2 aromatic rings. The highest BCUT2D eigenvalue weighted by Gasteiger charge is 2.24. The monoisotopic (exact) mass is 345 g/mol. The highest BCUT2D eigenvalue weighted by atomic mass is 16.5. The van der Waals surface area contributed by atoms with Gasteiger partial charge in [-0.2, -0.15) is 0 Å². The van der Waals surface area contributed by atoms with Crippen LogP contribution in [0.3, 0.4) is 0 Å². The SMILES string of the molecule is COc1cccc(-c2nc(C(=O)N[C@H](CC(C)C)C(=O)O)c(C)[nH]2)c1. The number of carbonyl (C=O) groups excluding carboxylic acids is 1. The van der Waals surface area contributed by atoms with Gasteiger partial charge in [0.15, 0.2) is 0 Å². The average Bonchev–Trinajstić information content (AvgIpc) is 2.95. The third kappa shape index (κ3) is 4.59. The minimum atomic E-state index is -1.05. The Morgan fingerprint density at radius 3 is 2.68 bits per heavy atom. The van der Waals surface area contributed by atoms with E-state index in [1.807, 2.05) is 32.0 Å². The van der Waals surface area contributed by atoms with E-state index in [1.165, 1.54) is 0 Å². The lowest BCUT2D eigenvalue weighted by atomic mass is 10.0. The molecule has 1 aromatic carbocycles. The number of hydrogen-bond donors (Lipinski definition) is 3. The number of carboxylic acids is 1. The molecular weight excluding hydrogens is 322 g/mol. The van der Waals surface area contributed by atoms with Crippen LogP contribution in [0, 0.1) is 12.8 Å². The Bertz CT molecular complexity index is 767. The van der Waals surface area contributed by atoms with Crippen molar-refractivity contribution >= 4 is 11.9 Å². The number of H-pyrrole nitrogens is 1. The zero-order valence-electron chi connectivity index (χ0n) is 14.8. The molecule has 0 unspecified atom stereocenters. The highest BCUT2D eigenvalue weighted by Crippen LogP contribution is 2.22. The molecule has 0 aliphatic carbocycles. The molecule has 1 aromatic heterocycles. The fourth-order valence-corrected chi connectivity index (χ4v) is 2.51. The fourth-order valence-electron chi connectivity index (χ4n) is 2.51. The van der Waals surface area contributed by atoms with Crippen molar-refractivity contribution in [3.8, 4) is 17.1 Å². The number of carbonyl (C=O) groups is 2. The van der Waals surface area contributed by atoms with Crippen LogP contribution in [0.15, 0.2) is 24.3 Å². The Morgan fingerprint density at radius 2 is 2.08 bits per heavy atom. The van der Waals surface area contributed by atoms with Crippen LogP contribution >= 0.6 is 0 Å². The van der Waals surface area contributed by atoms with E-state index in [9.17, 15) is 14.7 Å². The number of ether oxygens (including phenoxy) is 1. The Morgan fingerprint density at radius 1 is 1.36 bits per heavy atom. The van der Waals surface area contributed by atoms with Gasteiger partial charge in [0.2, 0.25) is 0 Å². The van der Waals surface area contributed by atoms with Crippen LogP contribution in [0.1, 0.15) is 36.5 Å². The number of nitrogens with zero attached hydrogens (tertiary/aromatic N) is 1. The standard InChI is InChI=1S/C18H23N3O4/c1-10(2)8-14(18(23)24)20-17(22)15-11(3)19-16(21-15)12-6-5-7-13(9-12)25-4/h5-7,9-10,14H,8H2,1-4H3,(H,19,21)(H,20,22)(H,23,24)/t14-/m1/s1. The van der Waals surface area contributed by atoms with Crippen LogP contribution in [0.5, 0.6) is 5.75 Å². The first-order valence-electron chi connectivity index (χ1n) is 8.06. The number of aliphatic carboxylic acids is 1. The van der Waals surface area contributed by atoms with Crippen molar-refractivity contribution in [1.82, 2.24) is 15.3 Å². The molecule has 0 spiro atoms. The van der Waals surface area contributed by atoms with Crippen molar-refractivity contribution in [2.45, 2.75) is 33.2 Å². The predicted octanol–water partition coefficient (Wildman–Crippen LogP) is 2.62. The molecule has 7 heteroatoms. The number of hydrogen-bond acceptors (Lipinski definition) is 4. The van der Waals surface area contributed by atoms with E-state index in [-0.39, 0.29) is 11.6 Å². The van der Waals surface area contributed by atoms with E-state index in [1.54, 1.807) is 20.1 Å². The first-order valence-corrected chi connectivity index (χ1v) is 8.06. The molecule has 25 heavy (non-hydrogen) atoms. The van der Waals surface area contributed by atoms with Crippen molar-refractivity contribution in [2.75, 3.05) is 7.11 Å². The lowest BCUT2D eigenvalue weighted by Gasteiger charge is -2.15. The number of aryl methyl sites for hydroxylation is 1. The van der Waals surface area contributed by atoms with E-state index in [2.05, 4.69) is 15.3 Å². The summed E-state index contributed by atoms with van der Waals surface area (Å²) >= 11 is 0. The van der Waals surface area contributed by atoms with Crippen molar-refractivity contribution in [3.05, 3.63) is 35.7 Å². The normalized spacial score (nSPS) is 12.0. The lowest BCUT2D eigenvalue weighted by molar-refractivity contribution is -0.139. The number of carboxylic acid groups (broad SMARTS) is 1. The number of amides is 1. The number of imidazole rings is 1. The van der Waals surface area contributed by atoms with E-state index in [0.717, 1.165) is 5.56 Å². The topological polar surface area (TPSA) is 104 Å². The van der Waals surface area contributed by atoms with Gasteiger partial charge in [-0.1, -0.05) is 26.0 Å². The van der Waals surface area contributed by atoms with Crippen LogP contribution in [0.25, 0.3) is 11.4 Å². The molecular formula is C18H23N3O4. The number of aromatic amines is 1. The minimum Gasteiger partial charge on any atom is -0.497 e. The Labute approximate surface area is 146 Å². The summed E-state index contributed by atoms with van der Waals surface area (Å²) in [4.78, 5) is 31.2. The van der Waals surface area contributed by atoms with E-state index in [4.69, 9.17) is 4.74 Å². The maximum absolute atomic E-state index is 12.4. The maximum atomic E-state index is 12.4. The van der Waals surface area contributed by atoms with Gasteiger partial charge < -0.3 is 20.1 Å². The Balaban J connectivity index is 2.23. The number of benzene rings is 1. The van der Waals surface area contributed by atoms with Gasteiger partial charge in [0.1, 0.15) is 23.3 Å². The summed E-state index contributed by atoms with van der Waals surface area (Å²) in [5.41, 5.74) is 1.54. The molecule has 0 aliphatic rings. The second-order valence-corrected chi connectivity index (χ2v) is 6.28. The molecule has 7 nitrogen and oxygen atoms in total. The number of rotatable bonds is 7. The van der Waals surface area contributed by atoms with E-state index >= 15 is 0 Å². The average molecular weight is 345 g/mol. The number of nitrogens with one attached hydrogen (secondary N) is 2. The molecule has 134 valence electrons. The van der Waals surface area contributed by atoms with Gasteiger partial charge in [-0.3, -0.25) is 4.79 Å². The van der Waals surface area contributed by atoms with Gasteiger partial charge >= 0.3 is 5.97 Å². The van der Waals surface area contributed by atoms with Crippen molar-refractivity contribution in [1.29, 1.82) is 0 Å². The van der Waals surface area contributed by atoms with Crippen molar-refractivity contribution in [3.63, 3.8) is 0 Å². The smallest absolute Gasteiger partial charge is 0.326 e. The zero-order valence-corrected chi connectivity index (χ0v) is 14.8. The number of methoxy groups -OCH3 is 1. The maximum Gasteiger partial charge on any atom is 0.326 e. The molecule has 2 rings (SSSR count). The predicted molar refractivity (Wildman–Crippen MR) is 93.7 cm³/mol. The van der Waals surface area contributed by atoms with Gasteiger partial charge in [-0.25, -0.2) is 9.78 Å². The molecule has 0 aliphatic heterocycles. The summed E-state index contributed by atoms with van der Waals surface area (Å²) in [7, 11) is 1.58. The Kier molecular flexibility index (Phi) is 5.80. The molecule has 3 N–H and O–H groups in total. The largest absolute Gasteiger partial charge is 0.497 e. The third-order valence-electron chi connectivity index (χ3n) is 3.75. The summed E-state index contributed by atoms with van der Waals surface area (Å²) in [5, 5.41) is 11.8. The third-order valence-corrected chi connectivity index (χ3v) is 3.75. The Hall–Kier alpha value is -2.83. The quantitative estimate of drug-likeness (QED) is 0.715. The van der Waals surface area contributed by atoms with Gasteiger partial charge in [-0.05, 0) is 31.4 Å². The van der Waals surface area contributed by atoms with Crippen LogP contribution in [-0.4, -0.2) is 40.1 Å². The van der Waals surface area contributed by atoms with Crippen LogP contribution in [0.4, 0.5) is 0 Å². The molecule has 1 heterocycles. The van der Waals surface area contributed by atoms with Crippen LogP contribution in [0.2, 0.25) is 0 Å². The van der Waals surface area contributed by atoms with Crippen LogP contribution < -0.4 is 10.1 Å². The minimum absolute atomic E-state index is 0.147. The molecule has 0 radical (unpaired) electrons. The second-order valence-electron chi connectivity index (χ2n) is 6.28. The number of aromatic nitrogens is 2. The molecule has 1 atom stereocenters. The second kappa shape index (κ2) is 7.83. The summed E-state index contributed by atoms with van der Waals surface area (Å²) < 4.78 is 5.19. The fraction of sp³-hybridized carbons (Fsp3) is 0.389. The molecule has 0 bridgehead atoms. The van der Waals surface area contributed by atoms with E-state index in [0.29, 0.717) is 23.7 Å². The summed E-state index contributed by atoms with van der Waals surface area (Å²) in [6.45, 7) is 5.54. The van der Waals surface area contributed by atoms with Gasteiger partial charge in [0.25, 0.3) is 5.91 Å². The first kappa shape index (κ1) is 18.5. The zero-order chi connectivity index (χ0) is 18.6. The lowest BCUT2D eigenvalue weighted by Crippen LogP contribution is -2.42. The summed E-state index contributed by atoms with van der Waals surface area (Å²) in [6, 6.07) is 6.36. The summed E-state index contributed by atoms with van der Waals surface area (Å²) in [5.74, 6) is -0.203. The van der Waals surface area contributed by atoms with E-state index < -0.39 is 17.9 Å². The van der Waals surface area contributed by atoms with Gasteiger partial charge in [0.05, 0.1) is 7.11 Å². The van der Waals surface area contributed by atoms with Crippen LogP contribution in [-0.2, 0) is 4.79 Å². The van der Waals surface area contributed by atoms with Crippen molar-refractivity contribution in [2.24, 2.45) is 5.92 Å². The first-order chi connectivity index (χ1) is 11.8. The summed E-state index contributed by atoms with van der Waals surface area (Å²) in [6.07, 6.45) is 0.354. The molecule has 0 fully saturated rings. The highest BCUT2D eigenvalue weighted by molar-refractivity contribution is 5.96.